The summed E-state index contributed by atoms with van der Waals surface area (Å²) in [7, 11) is 3.46. The highest BCUT2D eigenvalue weighted by atomic mass is 16.5. The molecule has 3 rings (SSSR count). The number of carbonyl (C=O) groups is 1. The maximum Gasteiger partial charge on any atom is 0.336 e. The fourth-order valence-electron chi connectivity index (χ4n) is 3.33. The van der Waals surface area contributed by atoms with Crippen LogP contribution in [0.4, 0.5) is 0 Å². The molecule has 0 bridgehead atoms. The Hall–Kier alpha value is -2.18. The second kappa shape index (κ2) is 6.98. The van der Waals surface area contributed by atoms with Gasteiger partial charge in [-0.3, -0.25) is 9.69 Å². The zero-order valence-corrected chi connectivity index (χ0v) is 15.2. The molecule has 1 aliphatic heterocycles. The van der Waals surface area contributed by atoms with Crippen molar-refractivity contribution in [3.8, 4) is 0 Å². The molecule has 1 atom stereocenters. The number of likely N-dealkylation sites (N-methyl/N-ethyl adjacent to an activating group) is 1. The van der Waals surface area contributed by atoms with E-state index in [1.807, 2.05) is 26.0 Å². The van der Waals surface area contributed by atoms with Gasteiger partial charge < -0.3 is 14.1 Å². The molecule has 1 fully saturated rings. The van der Waals surface area contributed by atoms with Crippen molar-refractivity contribution in [2.75, 3.05) is 33.8 Å². The first kappa shape index (κ1) is 17.6. The molecule has 0 saturated carbocycles. The minimum absolute atomic E-state index is 0.0335. The molecule has 1 aromatic heterocycles. The molecule has 1 aliphatic rings. The van der Waals surface area contributed by atoms with Crippen LogP contribution in [0.15, 0.2) is 27.4 Å². The maximum absolute atomic E-state index is 12.2. The van der Waals surface area contributed by atoms with Gasteiger partial charge in [-0.15, -0.1) is 0 Å². The van der Waals surface area contributed by atoms with E-state index in [0.29, 0.717) is 25.3 Å². The monoisotopic (exact) mass is 344 g/mol. The molecule has 1 aromatic carbocycles. The van der Waals surface area contributed by atoms with E-state index >= 15 is 0 Å². The summed E-state index contributed by atoms with van der Waals surface area (Å²) < 4.78 is 11.0. The van der Waals surface area contributed by atoms with Crippen LogP contribution in [0.25, 0.3) is 11.0 Å². The lowest BCUT2D eigenvalue weighted by molar-refractivity contribution is -0.147. The van der Waals surface area contributed by atoms with Crippen LogP contribution in [0.3, 0.4) is 0 Å². The predicted octanol–water partition coefficient (Wildman–Crippen LogP) is 1.70. The lowest BCUT2D eigenvalue weighted by atomic mass is 10.0. The minimum Gasteiger partial charge on any atom is -0.422 e. The normalized spacial score (nSPS) is 18.5. The van der Waals surface area contributed by atoms with Gasteiger partial charge in [0.15, 0.2) is 0 Å². The summed E-state index contributed by atoms with van der Waals surface area (Å²) in [6, 6.07) is 5.61. The average Bonchev–Trinajstić information content (AvgIpc) is 2.55. The van der Waals surface area contributed by atoms with Crippen LogP contribution in [0, 0.1) is 13.8 Å². The Morgan fingerprint density at radius 1 is 1.28 bits per heavy atom. The van der Waals surface area contributed by atoms with E-state index in [-0.39, 0.29) is 11.5 Å². The molecule has 6 heteroatoms. The van der Waals surface area contributed by atoms with Crippen LogP contribution in [-0.4, -0.2) is 55.6 Å². The van der Waals surface area contributed by atoms with Gasteiger partial charge in [0.2, 0.25) is 0 Å². The lowest BCUT2D eigenvalue weighted by Crippen LogP contribution is -2.49. The van der Waals surface area contributed by atoms with Crippen molar-refractivity contribution in [1.29, 1.82) is 0 Å². The number of aryl methyl sites for hydroxylation is 2. The standard InChI is InChI=1S/C19H24N2O4/c1-12-7-13(2)18-15(8-12)14(9-17(22)25-18)10-21-5-6-24-16(11-21)19(23)20(3)4/h7-9,16H,5-6,10-11H2,1-4H3. The van der Waals surface area contributed by atoms with Crippen LogP contribution < -0.4 is 5.63 Å². The summed E-state index contributed by atoms with van der Waals surface area (Å²) in [5, 5.41) is 0.957. The number of morpholine rings is 1. The highest BCUT2D eigenvalue weighted by molar-refractivity contribution is 5.84. The van der Waals surface area contributed by atoms with E-state index in [1.54, 1.807) is 25.1 Å². The first-order chi connectivity index (χ1) is 11.8. The molecule has 2 aromatic rings. The number of hydrogen-bond acceptors (Lipinski definition) is 5. The molecule has 134 valence electrons. The topological polar surface area (TPSA) is 63.0 Å². The molecule has 25 heavy (non-hydrogen) atoms. The van der Waals surface area contributed by atoms with Crippen molar-refractivity contribution in [3.05, 3.63) is 45.3 Å². The van der Waals surface area contributed by atoms with Crippen LogP contribution in [0.2, 0.25) is 0 Å². The molecule has 2 heterocycles. The molecule has 1 amide bonds. The Kier molecular flexibility index (Phi) is 4.92. The Balaban J connectivity index is 1.90. The second-order valence-corrected chi connectivity index (χ2v) is 6.88. The van der Waals surface area contributed by atoms with Crippen molar-refractivity contribution in [2.24, 2.45) is 0 Å². The fraction of sp³-hybridized carbons (Fsp3) is 0.474. The van der Waals surface area contributed by atoms with Gasteiger partial charge in [0.25, 0.3) is 5.91 Å². The van der Waals surface area contributed by atoms with Crippen LogP contribution in [-0.2, 0) is 16.1 Å². The zero-order valence-electron chi connectivity index (χ0n) is 15.2. The molecular formula is C19H24N2O4. The third-order valence-corrected chi connectivity index (χ3v) is 4.52. The number of amides is 1. The number of carbonyl (C=O) groups excluding carboxylic acids is 1. The Morgan fingerprint density at radius 3 is 2.76 bits per heavy atom. The molecule has 0 spiro atoms. The first-order valence-corrected chi connectivity index (χ1v) is 8.44. The largest absolute Gasteiger partial charge is 0.422 e. The number of benzene rings is 1. The van der Waals surface area contributed by atoms with Gasteiger partial charge in [-0.2, -0.15) is 0 Å². The van der Waals surface area contributed by atoms with Gasteiger partial charge in [-0.1, -0.05) is 6.07 Å². The van der Waals surface area contributed by atoms with Crippen LogP contribution >= 0.6 is 0 Å². The molecule has 0 radical (unpaired) electrons. The van der Waals surface area contributed by atoms with E-state index in [1.165, 1.54) is 0 Å². The van der Waals surface area contributed by atoms with Crippen molar-refractivity contribution in [3.63, 3.8) is 0 Å². The number of fused-ring (bicyclic) bond motifs is 1. The molecule has 0 N–H and O–H groups in total. The van der Waals surface area contributed by atoms with Crippen molar-refractivity contribution in [2.45, 2.75) is 26.5 Å². The fourth-order valence-corrected chi connectivity index (χ4v) is 3.33. The van der Waals surface area contributed by atoms with Gasteiger partial charge >= 0.3 is 5.63 Å². The van der Waals surface area contributed by atoms with Crippen LogP contribution in [0.1, 0.15) is 16.7 Å². The van der Waals surface area contributed by atoms with E-state index in [2.05, 4.69) is 4.90 Å². The summed E-state index contributed by atoms with van der Waals surface area (Å²) in [5.74, 6) is -0.0335. The third-order valence-electron chi connectivity index (χ3n) is 4.52. The molecule has 0 aliphatic carbocycles. The highest BCUT2D eigenvalue weighted by Crippen LogP contribution is 2.24. The Labute approximate surface area is 147 Å². The summed E-state index contributed by atoms with van der Waals surface area (Å²) >= 11 is 0. The third kappa shape index (κ3) is 3.75. The minimum atomic E-state index is -0.460. The molecule has 1 saturated heterocycles. The van der Waals surface area contributed by atoms with E-state index < -0.39 is 6.10 Å². The van der Waals surface area contributed by atoms with Gasteiger partial charge in [0, 0.05) is 45.2 Å². The van der Waals surface area contributed by atoms with Gasteiger partial charge in [-0.25, -0.2) is 4.79 Å². The summed E-state index contributed by atoms with van der Waals surface area (Å²) in [5.41, 5.74) is 3.31. The highest BCUT2D eigenvalue weighted by Gasteiger charge is 2.28. The summed E-state index contributed by atoms with van der Waals surface area (Å²) in [6.07, 6.45) is -0.460. The maximum atomic E-state index is 12.2. The van der Waals surface area contributed by atoms with Gasteiger partial charge in [0.05, 0.1) is 6.61 Å². The Morgan fingerprint density at radius 2 is 2.04 bits per heavy atom. The van der Waals surface area contributed by atoms with Gasteiger partial charge in [-0.05, 0) is 36.6 Å². The van der Waals surface area contributed by atoms with E-state index in [4.69, 9.17) is 9.15 Å². The van der Waals surface area contributed by atoms with Gasteiger partial charge in [0.1, 0.15) is 11.7 Å². The van der Waals surface area contributed by atoms with E-state index in [0.717, 1.165) is 28.6 Å². The summed E-state index contributed by atoms with van der Waals surface area (Å²) in [4.78, 5) is 27.8. The number of rotatable bonds is 3. The van der Waals surface area contributed by atoms with Crippen molar-refractivity contribution < 1.29 is 13.9 Å². The average molecular weight is 344 g/mol. The molecule has 1 unspecified atom stereocenters. The predicted molar refractivity (Wildman–Crippen MR) is 95.7 cm³/mol. The Bertz CT molecular complexity index is 856. The SMILES string of the molecule is Cc1cc(C)c2oc(=O)cc(CN3CCOC(C(=O)N(C)C)C3)c2c1. The molecule has 6 nitrogen and oxygen atoms in total. The number of ether oxygens (including phenoxy) is 1. The lowest BCUT2D eigenvalue weighted by Gasteiger charge is -2.33. The number of hydrogen-bond donors (Lipinski definition) is 0. The summed E-state index contributed by atoms with van der Waals surface area (Å²) in [6.45, 7) is 6.31. The smallest absolute Gasteiger partial charge is 0.336 e. The van der Waals surface area contributed by atoms with Crippen LogP contribution in [0.5, 0.6) is 0 Å². The van der Waals surface area contributed by atoms with Crippen molar-refractivity contribution >= 4 is 16.9 Å². The molecular weight excluding hydrogens is 320 g/mol. The number of nitrogens with zero attached hydrogens (tertiary/aromatic N) is 2. The zero-order chi connectivity index (χ0) is 18.1. The van der Waals surface area contributed by atoms with Crippen molar-refractivity contribution in [1.82, 2.24) is 9.80 Å². The van der Waals surface area contributed by atoms with E-state index in [9.17, 15) is 9.59 Å². The quantitative estimate of drug-likeness (QED) is 0.793. The second-order valence-electron chi connectivity index (χ2n) is 6.88. The first-order valence-electron chi connectivity index (χ1n) is 8.44.